The Morgan fingerprint density at radius 1 is 0.312 bits per heavy atom. The minimum atomic E-state index is -0.799. The molecule has 0 aliphatic heterocycles. The Balaban J connectivity index is 4.45. The van der Waals surface area contributed by atoms with E-state index in [4.69, 9.17) is 14.2 Å². The molecule has 6 heteroatoms. The van der Waals surface area contributed by atoms with E-state index in [-0.39, 0.29) is 37.5 Å². The second-order valence-corrected chi connectivity index (χ2v) is 18.2. The summed E-state index contributed by atoms with van der Waals surface area (Å²) < 4.78 is 16.8. The molecule has 0 spiro atoms. The highest BCUT2D eigenvalue weighted by atomic mass is 16.6. The van der Waals surface area contributed by atoms with Gasteiger partial charge in [0.2, 0.25) is 0 Å². The Bertz CT molecular complexity index is 1170. The average Bonchev–Trinajstić information content (AvgIpc) is 3.29. The van der Waals surface area contributed by atoms with Crippen LogP contribution >= 0.6 is 0 Å². The molecule has 0 radical (unpaired) electrons. The Morgan fingerprint density at radius 3 is 0.969 bits per heavy atom. The van der Waals surface area contributed by atoms with Gasteiger partial charge in [-0.1, -0.05) is 255 Å². The molecule has 0 aliphatic rings. The number of esters is 3. The molecular formula is C58H102O6. The minimum Gasteiger partial charge on any atom is -0.462 e. The molecule has 0 aromatic rings. The van der Waals surface area contributed by atoms with Crippen LogP contribution in [0.1, 0.15) is 271 Å². The monoisotopic (exact) mass is 895 g/mol. The molecule has 370 valence electrons. The van der Waals surface area contributed by atoms with Gasteiger partial charge in [-0.15, -0.1) is 0 Å². The highest BCUT2D eigenvalue weighted by Gasteiger charge is 2.19. The fraction of sp³-hybridized carbons (Fsp3) is 0.776. The smallest absolute Gasteiger partial charge is 0.306 e. The summed E-state index contributed by atoms with van der Waals surface area (Å²) in [5.41, 5.74) is 0. The molecule has 64 heavy (non-hydrogen) atoms. The third-order valence-corrected chi connectivity index (χ3v) is 11.8. The summed E-state index contributed by atoms with van der Waals surface area (Å²) in [6.45, 7) is 6.56. The van der Waals surface area contributed by atoms with Gasteiger partial charge in [0.05, 0.1) is 0 Å². The lowest BCUT2D eigenvalue weighted by Crippen LogP contribution is -2.30. The molecule has 0 amide bonds. The van der Waals surface area contributed by atoms with E-state index >= 15 is 0 Å². The Kier molecular flexibility index (Phi) is 50.4. The maximum Gasteiger partial charge on any atom is 0.306 e. The van der Waals surface area contributed by atoms with Crippen LogP contribution in [0.4, 0.5) is 0 Å². The number of rotatable bonds is 49. The van der Waals surface area contributed by atoms with Gasteiger partial charge < -0.3 is 14.2 Å². The first kappa shape index (κ1) is 61.1. The van der Waals surface area contributed by atoms with Crippen LogP contribution in [0, 0.1) is 0 Å². The van der Waals surface area contributed by atoms with E-state index in [0.29, 0.717) is 19.3 Å². The molecule has 6 nitrogen and oxygen atoms in total. The Hall–Kier alpha value is -2.89. The van der Waals surface area contributed by atoms with Gasteiger partial charge in [0.25, 0.3) is 0 Å². The van der Waals surface area contributed by atoms with Crippen molar-refractivity contribution in [1.82, 2.24) is 0 Å². The molecule has 0 saturated carbocycles. The zero-order chi connectivity index (χ0) is 46.5. The van der Waals surface area contributed by atoms with Crippen molar-refractivity contribution in [3.8, 4) is 0 Å². The molecule has 0 saturated heterocycles. The predicted octanol–water partition coefficient (Wildman–Crippen LogP) is 18.0. The molecule has 1 atom stereocenters. The average molecular weight is 895 g/mol. The van der Waals surface area contributed by atoms with Crippen molar-refractivity contribution < 1.29 is 28.6 Å². The SMILES string of the molecule is CCCCC/C=C\C/C=C\C/C=C\C/C=C\C/C=C\CCC(=O)OC[C@H](COC(=O)CCCCCCCCCCCCCC)OC(=O)CCCCCCCCCCCCCCCCC. The Labute approximate surface area is 396 Å². The highest BCUT2D eigenvalue weighted by Crippen LogP contribution is 2.16. The van der Waals surface area contributed by atoms with Gasteiger partial charge in [-0.2, -0.15) is 0 Å². The van der Waals surface area contributed by atoms with Crippen molar-refractivity contribution in [3.63, 3.8) is 0 Å². The lowest BCUT2D eigenvalue weighted by atomic mass is 10.0. The fourth-order valence-corrected chi connectivity index (χ4v) is 7.66. The van der Waals surface area contributed by atoms with Crippen LogP contribution in [0.15, 0.2) is 60.8 Å². The normalized spacial score (nSPS) is 12.5. The molecule has 0 aliphatic carbocycles. The van der Waals surface area contributed by atoms with Crippen LogP contribution in [-0.2, 0) is 28.6 Å². The van der Waals surface area contributed by atoms with Crippen LogP contribution in [0.2, 0.25) is 0 Å². The number of ether oxygens (including phenoxy) is 3. The quantitative estimate of drug-likeness (QED) is 0.0262. The van der Waals surface area contributed by atoms with Gasteiger partial charge in [-0.25, -0.2) is 0 Å². The highest BCUT2D eigenvalue weighted by molar-refractivity contribution is 5.71. The van der Waals surface area contributed by atoms with Crippen LogP contribution in [-0.4, -0.2) is 37.2 Å². The molecule has 0 aromatic carbocycles. The van der Waals surface area contributed by atoms with Gasteiger partial charge in [0, 0.05) is 19.3 Å². The van der Waals surface area contributed by atoms with Crippen LogP contribution < -0.4 is 0 Å². The minimum absolute atomic E-state index is 0.0933. The third kappa shape index (κ3) is 50.1. The summed E-state index contributed by atoms with van der Waals surface area (Å²) in [6, 6.07) is 0. The first-order chi connectivity index (χ1) is 31.5. The van der Waals surface area contributed by atoms with Crippen molar-refractivity contribution in [1.29, 1.82) is 0 Å². The first-order valence-corrected chi connectivity index (χ1v) is 27.3. The molecule has 0 fully saturated rings. The number of allylic oxidation sites excluding steroid dienone is 10. The largest absolute Gasteiger partial charge is 0.462 e. The van der Waals surface area contributed by atoms with Crippen molar-refractivity contribution in [2.75, 3.05) is 13.2 Å². The van der Waals surface area contributed by atoms with Crippen molar-refractivity contribution in [2.24, 2.45) is 0 Å². The lowest BCUT2D eigenvalue weighted by molar-refractivity contribution is -0.166. The molecular weight excluding hydrogens is 793 g/mol. The van der Waals surface area contributed by atoms with E-state index in [0.717, 1.165) is 64.2 Å². The summed E-state index contributed by atoms with van der Waals surface area (Å²) >= 11 is 0. The second-order valence-electron chi connectivity index (χ2n) is 18.2. The molecule has 0 aromatic heterocycles. The van der Waals surface area contributed by atoms with Crippen molar-refractivity contribution in [2.45, 2.75) is 277 Å². The summed E-state index contributed by atoms with van der Waals surface area (Å²) in [4.78, 5) is 38.0. The molecule has 0 N–H and O–H groups in total. The van der Waals surface area contributed by atoms with Crippen LogP contribution in [0.5, 0.6) is 0 Å². The third-order valence-electron chi connectivity index (χ3n) is 11.8. The number of carbonyl (C=O) groups is 3. The Morgan fingerprint density at radius 2 is 0.594 bits per heavy atom. The standard InChI is InChI=1S/C58H102O6/c1-4-7-10-13-16-19-22-25-27-28-29-30-32-33-36-39-42-45-48-51-57(60)63-54-55(53-62-56(59)50-47-44-41-38-35-24-21-18-15-12-9-6-3)64-58(61)52-49-46-43-40-37-34-31-26-23-20-17-14-11-8-5-2/h16,19,25,27,29-30,33,36,42,45,55H,4-15,17-18,20-24,26,28,31-32,34-35,37-41,43-44,46-54H2,1-3H3/b19-16-,27-25-,30-29-,36-33-,45-42-/t55-/m0/s1. The van der Waals surface area contributed by atoms with E-state index < -0.39 is 6.10 Å². The van der Waals surface area contributed by atoms with Crippen molar-refractivity contribution >= 4 is 17.9 Å². The number of unbranched alkanes of at least 4 members (excludes halogenated alkanes) is 28. The van der Waals surface area contributed by atoms with E-state index in [1.165, 1.54) is 161 Å². The zero-order valence-corrected chi connectivity index (χ0v) is 42.3. The number of hydrogen-bond acceptors (Lipinski definition) is 6. The van der Waals surface area contributed by atoms with E-state index in [1.54, 1.807) is 0 Å². The number of carbonyl (C=O) groups excluding carboxylic acids is 3. The molecule has 0 bridgehead atoms. The second kappa shape index (κ2) is 52.7. The maximum absolute atomic E-state index is 12.8. The molecule has 0 rings (SSSR count). The van der Waals surface area contributed by atoms with E-state index in [1.807, 2.05) is 6.08 Å². The van der Waals surface area contributed by atoms with Crippen molar-refractivity contribution in [3.05, 3.63) is 60.8 Å². The van der Waals surface area contributed by atoms with Crippen LogP contribution in [0.25, 0.3) is 0 Å². The van der Waals surface area contributed by atoms with Gasteiger partial charge >= 0.3 is 17.9 Å². The molecule has 0 unspecified atom stereocenters. The summed E-state index contributed by atoms with van der Waals surface area (Å²) in [6.07, 6.45) is 65.0. The fourth-order valence-electron chi connectivity index (χ4n) is 7.66. The topological polar surface area (TPSA) is 78.9 Å². The van der Waals surface area contributed by atoms with Gasteiger partial charge in [0.1, 0.15) is 13.2 Å². The van der Waals surface area contributed by atoms with Gasteiger partial charge in [0.15, 0.2) is 6.10 Å². The maximum atomic E-state index is 12.8. The lowest BCUT2D eigenvalue weighted by Gasteiger charge is -2.18. The van der Waals surface area contributed by atoms with E-state index in [9.17, 15) is 14.4 Å². The van der Waals surface area contributed by atoms with Gasteiger partial charge in [-0.05, 0) is 57.8 Å². The van der Waals surface area contributed by atoms with E-state index in [2.05, 4.69) is 75.5 Å². The zero-order valence-electron chi connectivity index (χ0n) is 42.3. The molecule has 0 heterocycles. The van der Waals surface area contributed by atoms with Crippen LogP contribution in [0.3, 0.4) is 0 Å². The first-order valence-electron chi connectivity index (χ1n) is 27.3. The summed E-state index contributed by atoms with van der Waals surface area (Å²) in [7, 11) is 0. The summed E-state index contributed by atoms with van der Waals surface area (Å²) in [5.74, 6) is -0.970. The van der Waals surface area contributed by atoms with Gasteiger partial charge in [-0.3, -0.25) is 14.4 Å². The predicted molar refractivity (Wildman–Crippen MR) is 275 cm³/mol. The summed E-state index contributed by atoms with van der Waals surface area (Å²) in [5, 5.41) is 0. The number of hydrogen-bond donors (Lipinski definition) is 0.